The van der Waals surface area contributed by atoms with E-state index in [1.807, 2.05) is 18.2 Å². The number of hydrogen-bond donors (Lipinski definition) is 2. The molecular formula is C29H32N4O5. The summed E-state index contributed by atoms with van der Waals surface area (Å²) in [7, 11) is 1.58. The van der Waals surface area contributed by atoms with Crippen molar-refractivity contribution < 1.29 is 24.5 Å². The lowest BCUT2D eigenvalue weighted by Crippen LogP contribution is -2.49. The molecule has 3 aliphatic rings. The van der Waals surface area contributed by atoms with Crippen molar-refractivity contribution in [3.63, 3.8) is 0 Å². The highest BCUT2D eigenvalue weighted by atomic mass is 16.5. The number of aromatic hydroxyl groups is 2. The third-order valence-corrected chi connectivity index (χ3v) is 7.90. The Bertz CT molecular complexity index is 1290. The summed E-state index contributed by atoms with van der Waals surface area (Å²) in [6, 6.07) is 12.7. The zero-order valence-electron chi connectivity index (χ0n) is 21.4. The van der Waals surface area contributed by atoms with Crippen LogP contribution in [-0.2, 0) is 11.3 Å². The molecule has 1 saturated heterocycles. The van der Waals surface area contributed by atoms with Crippen molar-refractivity contribution in [1.82, 2.24) is 14.5 Å². The molecule has 38 heavy (non-hydrogen) atoms. The number of aromatic nitrogens is 2. The number of anilines is 1. The number of pyridine rings is 1. The van der Waals surface area contributed by atoms with E-state index in [9.17, 15) is 15.0 Å². The zero-order chi connectivity index (χ0) is 26.2. The third-order valence-electron chi connectivity index (χ3n) is 7.90. The predicted octanol–water partition coefficient (Wildman–Crippen LogP) is 3.49. The van der Waals surface area contributed by atoms with Gasteiger partial charge in [-0.1, -0.05) is 18.2 Å². The third kappa shape index (κ3) is 4.47. The van der Waals surface area contributed by atoms with Crippen molar-refractivity contribution in [3.8, 4) is 17.5 Å². The van der Waals surface area contributed by atoms with Gasteiger partial charge in [-0.05, 0) is 42.8 Å². The van der Waals surface area contributed by atoms with Gasteiger partial charge >= 0.3 is 5.97 Å². The van der Waals surface area contributed by atoms with E-state index in [4.69, 9.17) is 9.47 Å². The Hall–Kier alpha value is -3.98. The lowest BCUT2D eigenvalue weighted by Gasteiger charge is -2.37. The van der Waals surface area contributed by atoms with Crippen molar-refractivity contribution in [1.29, 1.82) is 0 Å². The molecule has 9 heteroatoms. The van der Waals surface area contributed by atoms with Gasteiger partial charge in [0.1, 0.15) is 17.7 Å². The van der Waals surface area contributed by atoms with E-state index in [0.717, 1.165) is 49.5 Å². The fraction of sp³-hybridized carbons (Fsp3) is 0.379. The first-order chi connectivity index (χ1) is 18.5. The van der Waals surface area contributed by atoms with Crippen molar-refractivity contribution >= 4 is 11.8 Å². The highest BCUT2D eigenvalue weighted by molar-refractivity contribution is 5.89. The fourth-order valence-electron chi connectivity index (χ4n) is 5.93. The topological polar surface area (TPSA) is 100 Å². The number of allylic oxidation sites excluding steroid dienone is 2. The maximum Gasteiger partial charge on any atom is 0.338 e. The van der Waals surface area contributed by atoms with Gasteiger partial charge in [0.05, 0.1) is 19.2 Å². The summed E-state index contributed by atoms with van der Waals surface area (Å²) in [5, 5.41) is 22.1. The molecule has 1 fully saturated rings. The molecular weight excluding hydrogens is 484 g/mol. The molecule has 2 N–H and O–H groups in total. The number of carbonyl (C=O) groups excluding carboxylic acids is 1. The number of rotatable bonds is 8. The van der Waals surface area contributed by atoms with Crippen LogP contribution in [0.25, 0.3) is 0 Å². The quantitative estimate of drug-likeness (QED) is 0.347. The largest absolute Gasteiger partial charge is 0.497 e. The predicted molar refractivity (Wildman–Crippen MR) is 142 cm³/mol. The van der Waals surface area contributed by atoms with Crippen LogP contribution >= 0.6 is 0 Å². The molecule has 3 aromatic rings. The van der Waals surface area contributed by atoms with Crippen LogP contribution < -0.4 is 9.64 Å². The van der Waals surface area contributed by atoms with E-state index in [-0.39, 0.29) is 30.1 Å². The highest BCUT2D eigenvalue weighted by Gasteiger charge is 2.41. The molecule has 2 aliphatic carbocycles. The average molecular weight is 517 g/mol. The van der Waals surface area contributed by atoms with Crippen LogP contribution in [0.1, 0.15) is 39.7 Å². The molecule has 1 aromatic carbocycles. The molecule has 2 aromatic heterocycles. The highest BCUT2D eigenvalue weighted by Crippen LogP contribution is 2.56. The Morgan fingerprint density at radius 1 is 0.974 bits per heavy atom. The maximum atomic E-state index is 13.1. The molecule has 0 radical (unpaired) electrons. The Morgan fingerprint density at radius 2 is 1.66 bits per heavy atom. The van der Waals surface area contributed by atoms with Crippen LogP contribution in [0.5, 0.6) is 17.5 Å². The SMILES string of the molecule is COc1ccc(C(=O)OC(CN2CCN(c3ccccn3)CC2)Cn2c(O)c3c(c2O)C2C=CC3C2)cc1. The smallest absolute Gasteiger partial charge is 0.338 e. The standard InChI is InChI=1S/C29H32N4O5/c1-37-22-9-7-19(8-10-22)29(36)38-23(17-31-12-14-32(15-13-31)24-4-2-3-11-30-24)18-33-27(34)25-20-5-6-21(16-20)26(25)28(33)35/h2-11,20-21,23,34-35H,12-18H2,1H3. The van der Waals surface area contributed by atoms with E-state index < -0.39 is 12.1 Å². The normalized spacial score (nSPS) is 20.9. The van der Waals surface area contributed by atoms with E-state index in [1.54, 1.807) is 37.6 Å². The number of methoxy groups -OCH3 is 1. The summed E-state index contributed by atoms with van der Waals surface area (Å²) < 4.78 is 12.7. The van der Waals surface area contributed by atoms with Gasteiger partial charge in [-0.2, -0.15) is 0 Å². The summed E-state index contributed by atoms with van der Waals surface area (Å²) in [5.74, 6) is 1.55. The van der Waals surface area contributed by atoms with Gasteiger partial charge in [0.15, 0.2) is 11.8 Å². The van der Waals surface area contributed by atoms with Gasteiger partial charge in [-0.25, -0.2) is 9.78 Å². The number of nitrogens with zero attached hydrogens (tertiary/aromatic N) is 4. The second kappa shape index (κ2) is 10.1. The maximum absolute atomic E-state index is 13.1. The first kappa shape index (κ1) is 24.4. The average Bonchev–Trinajstić information content (AvgIpc) is 3.64. The lowest BCUT2D eigenvalue weighted by atomic mass is 10.0. The molecule has 3 atom stereocenters. The van der Waals surface area contributed by atoms with Crippen LogP contribution in [0.3, 0.4) is 0 Å². The summed E-state index contributed by atoms with van der Waals surface area (Å²) in [6.07, 6.45) is 6.30. The molecule has 3 heterocycles. The number of piperazine rings is 1. The Kier molecular flexibility index (Phi) is 6.45. The first-order valence-electron chi connectivity index (χ1n) is 13.1. The second-order valence-electron chi connectivity index (χ2n) is 10.2. The van der Waals surface area contributed by atoms with Crippen LogP contribution in [0.2, 0.25) is 0 Å². The van der Waals surface area contributed by atoms with Crippen LogP contribution in [0.4, 0.5) is 5.82 Å². The Labute approximate surface area is 221 Å². The minimum absolute atomic E-state index is 0.0693. The summed E-state index contributed by atoms with van der Waals surface area (Å²) in [6.45, 7) is 3.80. The van der Waals surface area contributed by atoms with E-state index in [0.29, 0.717) is 17.9 Å². The van der Waals surface area contributed by atoms with Gasteiger partial charge in [-0.3, -0.25) is 9.47 Å². The molecule has 0 spiro atoms. The van der Waals surface area contributed by atoms with Crippen molar-refractivity contribution in [3.05, 3.63) is 77.5 Å². The summed E-state index contributed by atoms with van der Waals surface area (Å²) in [4.78, 5) is 22.1. The minimum Gasteiger partial charge on any atom is -0.497 e. The molecule has 198 valence electrons. The summed E-state index contributed by atoms with van der Waals surface area (Å²) >= 11 is 0. The van der Waals surface area contributed by atoms with Crippen molar-refractivity contribution in [2.75, 3.05) is 44.7 Å². The molecule has 9 nitrogen and oxygen atoms in total. The molecule has 0 amide bonds. The van der Waals surface area contributed by atoms with Crippen LogP contribution in [0.15, 0.2) is 60.8 Å². The van der Waals surface area contributed by atoms with Crippen molar-refractivity contribution in [2.24, 2.45) is 0 Å². The zero-order valence-corrected chi connectivity index (χ0v) is 21.4. The number of hydrogen-bond acceptors (Lipinski definition) is 8. The molecule has 0 saturated carbocycles. The van der Waals surface area contributed by atoms with E-state index in [1.165, 1.54) is 4.57 Å². The van der Waals surface area contributed by atoms with Crippen LogP contribution in [0, 0.1) is 0 Å². The first-order valence-corrected chi connectivity index (χ1v) is 13.1. The number of esters is 1. The van der Waals surface area contributed by atoms with Crippen molar-refractivity contribution in [2.45, 2.75) is 30.9 Å². The number of benzene rings is 1. The van der Waals surface area contributed by atoms with Gasteiger partial charge in [0, 0.05) is 61.9 Å². The Balaban J connectivity index is 1.19. The van der Waals surface area contributed by atoms with Gasteiger partial charge in [-0.15, -0.1) is 0 Å². The number of fused-ring (bicyclic) bond motifs is 5. The van der Waals surface area contributed by atoms with Gasteiger partial charge in [0.2, 0.25) is 0 Å². The molecule has 3 unspecified atom stereocenters. The molecule has 1 aliphatic heterocycles. The lowest BCUT2D eigenvalue weighted by molar-refractivity contribution is 0.0136. The van der Waals surface area contributed by atoms with Gasteiger partial charge in [0.25, 0.3) is 0 Å². The van der Waals surface area contributed by atoms with Gasteiger partial charge < -0.3 is 24.6 Å². The van der Waals surface area contributed by atoms with E-state index in [2.05, 4.69) is 26.9 Å². The fourth-order valence-corrected chi connectivity index (χ4v) is 5.93. The van der Waals surface area contributed by atoms with E-state index >= 15 is 0 Å². The number of ether oxygens (including phenoxy) is 2. The Morgan fingerprint density at radius 3 is 2.26 bits per heavy atom. The minimum atomic E-state index is -0.582. The van der Waals surface area contributed by atoms with Crippen LogP contribution in [-0.4, -0.2) is 76.6 Å². The molecule has 6 rings (SSSR count). The summed E-state index contributed by atoms with van der Waals surface area (Å²) in [5.41, 5.74) is 2.03. The monoisotopic (exact) mass is 516 g/mol. The second-order valence-corrected chi connectivity index (χ2v) is 10.2. The number of carbonyl (C=O) groups is 1. The molecule has 2 bridgehead atoms.